The Morgan fingerprint density at radius 2 is 1.95 bits per heavy atom. The van der Waals surface area contributed by atoms with Gasteiger partial charge in [0.05, 0.1) is 0 Å². The molecule has 22 heavy (non-hydrogen) atoms. The Morgan fingerprint density at radius 1 is 1.23 bits per heavy atom. The summed E-state index contributed by atoms with van der Waals surface area (Å²) >= 11 is 0. The highest BCUT2D eigenvalue weighted by molar-refractivity contribution is 6.67. The van der Waals surface area contributed by atoms with Crippen molar-refractivity contribution in [1.82, 2.24) is 4.90 Å². The van der Waals surface area contributed by atoms with E-state index in [2.05, 4.69) is 48.1 Å². The molecule has 0 amide bonds. The summed E-state index contributed by atoms with van der Waals surface area (Å²) in [6.07, 6.45) is 6.03. The molecule has 0 N–H and O–H groups in total. The summed E-state index contributed by atoms with van der Waals surface area (Å²) in [5, 5.41) is 9.17. The first-order chi connectivity index (χ1) is 10.8. The lowest BCUT2D eigenvalue weighted by molar-refractivity contribution is 0.0569. The van der Waals surface area contributed by atoms with Crippen LogP contribution in [0.2, 0.25) is 12.6 Å². The molecule has 0 saturated carbocycles. The van der Waals surface area contributed by atoms with E-state index in [-0.39, 0.29) is 0 Å². The second-order valence-corrected chi connectivity index (χ2v) is 6.43. The molecule has 3 atom stereocenters. The van der Waals surface area contributed by atoms with Crippen LogP contribution in [0.25, 0.3) is 0 Å². The molecule has 118 valence electrons. The van der Waals surface area contributed by atoms with Gasteiger partial charge in [-0.05, 0) is 44.2 Å². The largest absolute Gasteiger partial charge is 0.293 e. The highest BCUT2D eigenvalue weighted by Crippen LogP contribution is 2.39. The Hall–Kier alpha value is -1.27. The Kier molecular flexibility index (Phi) is 6.52. The molecule has 0 bridgehead atoms. The zero-order chi connectivity index (χ0) is 15.9. The number of hydrogen-bond acceptors (Lipinski definition) is 2. The highest BCUT2D eigenvalue weighted by Gasteiger charge is 2.39. The second-order valence-electron chi connectivity index (χ2n) is 6.43. The van der Waals surface area contributed by atoms with E-state index in [4.69, 9.17) is 0 Å². The SMILES string of the molecule is CC.CC(c1ccccc1)N1CCCC2CB(C#N)CCC21. The van der Waals surface area contributed by atoms with Crippen LogP contribution in [0.15, 0.2) is 30.3 Å². The van der Waals surface area contributed by atoms with Crippen molar-refractivity contribution in [1.29, 1.82) is 5.26 Å². The molecule has 2 aliphatic rings. The maximum absolute atomic E-state index is 9.17. The third-order valence-electron chi connectivity index (χ3n) is 5.32. The van der Waals surface area contributed by atoms with Gasteiger partial charge in [0, 0.05) is 18.1 Å². The van der Waals surface area contributed by atoms with Crippen molar-refractivity contribution in [3.63, 3.8) is 0 Å². The van der Waals surface area contributed by atoms with Crippen LogP contribution in [0.4, 0.5) is 0 Å². The number of nitriles is 1. The number of rotatable bonds is 2. The van der Waals surface area contributed by atoms with Crippen LogP contribution < -0.4 is 0 Å². The summed E-state index contributed by atoms with van der Waals surface area (Å²) in [4.78, 5) is 2.71. The van der Waals surface area contributed by atoms with Gasteiger partial charge in [-0.1, -0.05) is 56.8 Å². The smallest absolute Gasteiger partial charge is 0.268 e. The maximum atomic E-state index is 9.17. The monoisotopic (exact) mass is 296 g/mol. The predicted octanol–water partition coefficient (Wildman–Crippen LogP) is 4.82. The standard InChI is InChI=1S/C17H23BN2.C2H6/c1-14(15-6-3-2-4-7-15)20-11-5-8-16-12-18(13-19)10-9-17(16)20;1-2/h2-4,6-7,14,16-17H,5,8-12H2,1H3;1-2H3. The molecule has 2 aliphatic heterocycles. The van der Waals surface area contributed by atoms with Gasteiger partial charge >= 0.3 is 0 Å². The molecule has 3 rings (SSSR count). The van der Waals surface area contributed by atoms with Gasteiger partial charge in [-0.3, -0.25) is 4.90 Å². The van der Waals surface area contributed by atoms with Crippen LogP contribution in [0.1, 0.15) is 51.6 Å². The van der Waals surface area contributed by atoms with Gasteiger partial charge in [0.25, 0.3) is 6.71 Å². The Balaban J connectivity index is 0.000000847. The van der Waals surface area contributed by atoms with Gasteiger partial charge in [-0.2, -0.15) is 0 Å². The van der Waals surface area contributed by atoms with Crippen molar-refractivity contribution in [2.24, 2.45) is 5.92 Å². The molecule has 3 unspecified atom stereocenters. The molecule has 1 aromatic rings. The van der Waals surface area contributed by atoms with Crippen molar-refractivity contribution >= 4 is 6.71 Å². The van der Waals surface area contributed by atoms with Gasteiger partial charge in [0.2, 0.25) is 0 Å². The van der Waals surface area contributed by atoms with Crippen molar-refractivity contribution < 1.29 is 0 Å². The van der Waals surface area contributed by atoms with Crippen molar-refractivity contribution in [3.8, 4) is 5.97 Å². The number of likely N-dealkylation sites (tertiary alicyclic amines) is 1. The normalized spacial score (nSPS) is 26.2. The molecule has 2 heterocycles. The fourth-order valence-corrected chi connectivity index (χ4v) is 4.22. The van der Waals surface area contributed by atoms with E-state index in [1.165, 1.54) is 31.4 Å². The summed E-state index contributed by atoms with van der Waals surface area (Å²) in [5.41, 5.74) is 1.43. The van der Waals surface area contributed by atoms with Gasteiger partial charge in [0.15, 0.2) is 0 Å². The number of benzene rings is 1. The summed E-state index contributed by atoms with van der Waals surface area (Å²) < 4.78 is 0. The second kappa shape index (κ2) is 8.39. The third kappa shape index (κ3) is 3.73. The summed E-state index contributed by atoms with van der Waals surface area (Å²) in [6.45, 7) is 7.87. The molecule has 2 nitrogen and oxygen atoms in total. The molecule has 0 radical (unpaired) electrons. The minimum atomic E-state index is 0.309. The zero-order valence-corrected chi connectivity index (χ0v) is 14.3. The first-order valence-electron chi connectivity index (χ1n) is 9.00. The van der Waals surface area contributed by atoms with Gasteiger partial charge in [-0.15, -0.1) is 0 Å². The van der Waals surface area contributed by atoms with E-state index in [0.29, 0.717) is 18.8 Å². The molecule has 3 heteroatoms. The average Bonchev–Trinajstić information content (AvgIpc) is 2.62. The van der Waals surface area contributed by atoms with E-state index in [1.807, 2.05) is 13.8 Å². The Bertz CT molecular complexity index is 482. The summed E-state index contributed by atoms with van der Waals surface area (Å²) in [7, 11) is 0. The number of piperidine rings is 1. The number of hydrogen-bond donors (Lipinski definition) is 0. The third-order valence-corrected chi connectivity index (χ3v) is 5.32. The molecular formula is C19H29BN2. The lowest BCUT2D eigenvalue weighted by Crippen LogP contribution is -2.49. The molecule has 1 aromatic carbocycles. The molecular weight excluding hydrogens is 267 g/mol. The molecule has 0 aromatic heterocycles. The van der Waals surface area contributed by atoms with Crippen LogP contribution in [0, 0.1) is 17.1 Å². The van der Waals surface area contributed by atoms with Crippen LogP contribution in [-0.4, -0.2) is 24.2 Å². The lowest BCUT2D eigenvalue weighted by Gasteiger charge is -2.47. The van der Waals surface area contributed by atoms with Crippen molar-refractivity contribution in [3.05, 3.63) is 35.9 Å². The Labute approximate surface area is 136 Å². The lowest BCUT2D eigenvalue weighted by atomic mass is 9.39. The summed E-state index contributed by atoms with van der Waals surface area (Å²) in [6, 6.07) is 12.1. The molecule has 0 spiro atoms. The van der Waals surface area contributed by atoms with Crippen LogP contribution in [0.5, 0.6) is 0 Å². The molecule has 0 aliphatic carbocycles. The van der Waals surface area contributed by atoms with E-state index in [0.717, 1.165) is 18.6 Å². The van der Waals surface area contributed by atoms with Crippen LogP contribution in [-0.2, 0) is 0 Å². The minimum absolute atomic E-state index is 0.309. The predicted molar refractivity (Wildman–Crippen MR) is 95.0 cm³/mol. The topological polar surface area (TPSA) is 27.0 Å². The molecule has 2 saturated heterocycles. The van der Waals surface area contributed by atoms with Crippen LogP contribution in [0.3, 0.4) is 0 Å². The first kappa shape index (κ1) is 17.1. The van der Waals surface area contributed by atoms with Gasteiger partial charge in [-0.25, -0.2) is 5.26 Å². The average molecular weight is 296 g/mol. The van der Waals surface area contributed by atoms with E-state index >= 15 is 0 Å². The van der Waals surface area contributed by atoms with Crippen LogP contribution >= 0.6 is 0 Å². The van der Waals surface area contributed by atoms with E-state index in [1.54, 1.807) is 0 Å². The summed E-state index contributed by atoms with van der Waals surface area (Å²) in [5.74, 6) is 3.24. The van der Waals surface area contributed by atoms with E-state index < -0.39 is 0 Å². The zero-order valence-electron chi connectivity index (χ0n) is 14.3. The fourth-order valence-electron chi connectivity index (χ4n) is 4.22. The fraction of sp³-hybridized carbons (Fsp3) is 0.632. The molecule has 2 fully saturated rings. The number of fused-ring (bicyclic) bond motifs is 1. The number of nitrogens with zero attached hydrogens (tertiary/aromatic N) is 2. The van der Waals surface area contributed by atoms with Crippen molar-refractivity contribution in [2.75, 3.05) is 6.54 Å². The maximum Gasteiger partial charge on any atom is 0.268 e. The van der Waals surface area contributed by atoms with E-state index in [9.17, 15) is 5.26 Å². The quantitative estimate of drug-likeness (QED) is 0.732. The minimum Gasteiger partial charge on any atom is -0.293 e. The highest BCUT2D eigenvalue weighted by atomic mass is 15.2. The van der Waals surface area contributed by atoms with Gasteiger partial charge < -0.3 is 0 Å². The van der Waals surface area contributed by atoms with Crippen molar-refractivity contribution in [2.45, 2.75) is 64.8 Å². The first-order valence-corrected chi connectivity index (χ1v) is 9.00. The Morgan fingerprint density at radius 3 is 2.64 bits per heavy atom. The van der Waals surface area contributed by atoms with Gasteiger partial charge in [0.1, 0.15) is 0 Å².